The van der Waals surface area contributed by atoms with Crippen molar-refractivity contribution in [3.8, 4) is 22.8 Å². The van der Waals surface area contributed by atoms with Crippen molar-refractivity contribution in [1.29, 1.82) is 0 Å². The highest BCUT2D eigenvalue weighted by molar-refractivity contribution is 7.15. The van der Waals surface area contributed by atoms with Gasteiger partial charge in [-0.15, -0.1) is 11.3 Å². The zero-order valence-corrected chi connectivity index (χ0v) is 24.6. The number of fused-ring (bicyclic) bond motifs is 2. The largest absolute Gasteiger partial charge is 0.454 e. The number of hydrogen-bond donors (Lipinski definition) is 1. The minimum atomic E-state index is 0.278. The molecule has 0 atom stereocenters. The molecule has 0 spiro atoms. The van der Waals surface area contributed by atoms with Crippen LogP contribution in [0.1, 0.15) is 40.2 Å². The summed E-state index contributed by atoms with van der Waals surface area (Å²) in [5.74, 6) is 1.49. The molecule has 0 saturated carbocycles. The van der Waals surface area contributed by atoms with E-state index >= 15 is 0 Å². The number of nitrogens with zero attached hydrogens (tertiary/aromatic N) is 2. The van der Waals surface area contributed by atoms with Gasteiger partial charge in [0.2, 0.25) is 6.79 Å². The Kier molecular flexibility index (Phi) is 11.7. The quantitative estimate of drug-likeness (QED) is 0.268. The summed E-state index contributed by atoms with van der Waals surface area (Å²) < 4.78 is 10.3. The lowest BCUT2D eigenvalue weighted by molar-refractivity contribution is -0.107. The number of aryl methyl sites for hydroxylation is 1. The fourth-order valence-electron chi connectivity index (χ4n) is 4.18. The number of ether oxygens (including phenoxy) is 2. The van der Waals surface area contributed by atoms with Crippen molar-refractivity contribution in [2.24, 2.45) is 0 Å². The average Bonchev–Trinajstić information content (AvgIpc) is 3.73. The first-order valence-electron chi connectivity index (χ1n) is 13.3. The number of aromatic nitrogens is 1. The molecule has 2 aliphatic rings. The monoisotopic (exact) mass is 559 g/mol. The van der Waals surface area contributed by atoms with Gasteiger partial charge in [0.05, 0.1) is 5.69 Å². The molecule has 0 radical (unpaired) electrons. The zero-order chi connectivity index (χ0) is 28.9. The summed E-state index contributed by atoms with van der Waals surface area (Å²) >= 11 is 1.71. The van der Waals surface area contributed by atoms with Gasteiger partial charge in [0, 0.05) is 48.8 Å². The van der Waals surface area contributed by atoms with E-state index < -0.39 is 0 Å². The highest BCUT2D eigenvalue weighted by Gasteiger charge is 2.17. The van der Waals surface area contributed by atoms with Crippen LogP contribution < -0.4 is 19.7 Å². The summed E-state index contributed by atoms with van der Waals surface area (Å²) in [4.78, 5) is 28.4. The van der Waals surface area contributed by atoms with Crippen LogP contribution in [0.3, 0.4) is 0 Å². The van der Waals surface area contributed by atoms with Gasteiger partial charge < -0.3 is 24.5 Å². The Morgan fingerprint density at radius 3 is 2.40 bits per heavy atom. The Bertz CT molecular complexity index is 1390. The van der Waals surface area contributed by atoms with Crippen LogP contribution in [-0.4, -0.2) is 45.0 Å². The van der Waals surface area contributed by atoms with Gasteiger partial charge >= 0.3 is 0 Å². The Morgan fingerprint density at radius 1 is 1.00 bits per heavy atom. The smallest absolute Gasteiger partial charge is 0.231 e. The number of carbonyl (C=O) groups is 2. The third-order valence-corrected chi connectivity index (χ3v) is 7.17. The molecular weight excluding hydrogens is 522 g/mol. The van der Waals surface area contributed by atoms with Crippen LogP contribution in [0.2, 0.25) is 0 Å². The van der Waals surface area contributed by atoms with Crippen LogP contribution in [0, 0.1) is 6.92 Å². The molecule has 1 N–H and O–H groups in total. The van der Waals surface area contributed by atoms with Crippen LogP contribution in [0.4, 0.5) is 10.8 Å². The number of rotatable bonds is 5. The second-order valence-electron chi connectivity index (χ2n) is 8.78. The van der Waals surface area contributed by atoms with Gasteiger partial charge in [-0.2, -0.15) is 0 Å². The maximum atomic E-state index is 10.2. The molecule has 7 nitrogen and oxygen atoms in total. The van der Waals surface area contributed by atoms with Gasteiger partial charge in [0.15, 0.2) is 16.6 Å². The predicted octanol–water partition coefficient (Wildman–Crippen LogP) is 6.83. The van der Waals surface area contributed by atoms with Gasteiger partial charge in [-0.25, -0.2) is 4.98 Å². The Hall–Kier alpha value is -4.17. The van der Waals surface area contributed by atoms with E-state index in [1.54, 1.807) is 23.5 Å². The SMILES string of the molecule is CC.CNc1nc(-c2ccc3c(c2)CCN3C)c(C)s1.O=CCc1ccc2c(c1)OCO2.O=Cc1ccccc1. The van der Waals surface area contributed by atoms with Crippen LogP contribution in [0.25, 0.3) is 11.3 Å². The van der Waals surface area contributed by atoms with Crippen molar-refractivity contribution in [3.05, 3.63) is 88.3 Å². The van der Waals surface area contributed by atoms with Crippen LogP contribution in [-0.2, 0) is 17.6 Å². The maximum absolute atomic E-state index is 10.2. The lowest BCUT2D eigenvalue weighted by atomic mass is 10.1. The number of aldehydes is 2. The van der Waals surface area contributed by atoms with Crippen LogP contribution in [0.15, 0.2) is 66.7 Å². The fraction of sp³-hybridized carbons (Fsp3) is 0.281. The highest BCUT2D eigenvalue weighted by atomic mass is 32.1. The van der Waals surface area contributed by atoms with E-state index in [4.69, 9.17) is 9.47 Å². The first-order chi connectivity index (χ1) is 19.5. The Morgan fingerprint density at radius 2 is 1.75 bits per heavy atom. The van der Waals surface area contributed by atoms with Crippen molar-refractivity contribution in [2.75, 3.05) is 37.6 Å². The summed E-state index contributed by atoms with van der Waals surface area (Å²) in [7, 11) is 4.07. The molecule has 0 aliphatic carbocycles. The number of nitrogens with one attached hydrogen (secondary N) is 1. The number of benzene rings is 3. The van der Waals surface area contributed by atoms with Gasteiger partial charge in [0.25, 0.3) is 0 Å². The van der Waals surface area contributed by atoms with E-state index in [0.717, 1.165) is 59.0 Å². The average molecular weight is 560 g/mol. The Labute approximate surface area is 240 Å². The molecule has 0 saturated heterocycles. The summed E-state index contributed by atoms with van der Waals surface area (Å²) in [5, 5.41) is 4.10. The first-order valence-corrected chi connectivity index (χ1v) is 14.2. The lowest BCUT2D eigenvalue weighted by Gasteiger charge is -2.11. The molecule has 0 unspecified atom stereocenters. The van der Waals surface area contributed by atoms with Crippen molar-refractivity contribution in [3.63, 3.8) is 0 Å². The first kappa shape index (κ1) is 30.4. The molecule has 2 aliphatic heterocycles. The summed E-state index contributed by atoms with van der Waals surface area (Å²) in [6.45, 7) is 7.53. The molecule has 0 fully saturated rings. The maximum Gasteiger partial charge on any atom is 0.231 e. The molecule has 6 rings (SSSR count). The van der Waals surface area contributed by atoms with Gasteiger partial charge in [0.1, 0.15) is 12.6 Å². The second kappa shape index (κ2) is 15.4. The number of likely N-dealkylation sites (N-methyl/N-ethyl adjacent to an activating group) is 1. The van der Waals surface area contributed by atoms with Crippen molar-refractivity contribution >= 4 is 34.7 Å². The molecule has 0 amide bonds. The third kappa shape index (κ3) is 7.93. The number of carbonyl (C=O) groups excluding carboxylic acids is 2. The highest BCUT2D eigenvalue weighted by Crippen LogP contribution is 2.35. The van der Waals surface area contributed by atoms with Gasteiger partial charge in [-0.3, -0.25) is 4.79 Å². The Balaban J connectivity index is 0.000000173. The summed E-state index contributed by atoms with van der Waals surface area (Å²) in [5.41, 5.74) is 6.83. The minimum Gasteiger partial charge on any atom is -0.454 e. The van der Waals surface area contributed by atoms with E-state index in [0.29, 0.717) is 6.42 Å². The van der Waals surface area contributed by atoms with E-state index in [2.05, 4.69) is 47.4 Å². The van der Waals surface area contributed by atoms with Crippen LogP contribution >= 0.6 is 11.3 Å². The number of anilines is 2. The summed E-state index contributed by atoms with van der Waals surface area (Å²) in [6.07, 6.45) is 3.27. The minimum absolute atomic E-state index is 0.278. The van der Waals surface area contributed by atoms with Crippen LogP contribution in [0.5, 0.6) is 11.5 Å². The summed E-state index contributed by atoms with van der Waals surface area (Å²) in [6, 6.07) is 21.3. The van der Waals surface area contributed by atoms with Crippen molar-refractivity contribution in [1.82, 2.24) is 4.98 Å². The standard InChI is InChI=1S/C14H17N3S.C9H8O3.C7H6O.C2H6/c1-9-13(16-14(15-2)18-9)11-4-5-12-10(8-11)6-7-17(12)3;10-4-3-7-1-2-8-9(5-7)12-6-11-8;8-6-7-4-2-1-3-5-7;1-2/h4-5,8H,6-7H2,1-3H3,(H,15,16);1-2,4-5H,3,6H2;1-6H;1-2H3. The molecule has 3 heterocycles. The second-order valence-corrected chi connectivity index (χ2v) is 9.98. The van der Waals surface area contributed by atoms with Gasteiger partial charge in [-0.05, 0) is 48.7 Å². The molecule has 4 aromatic rings. The van der Waals surface area contributed by atoms with E-state index in [-0.39, 0.29) is 6.79 Å². The predicted molar refractivity (Wildman–Crippen MR) is 164 cm³/mol. The van der Waals surface area contributed by atoms with Crippen molar-refractivity contribution in [2.45, 2.75) is 33.6 Å². The van der Waals surface area contributed by atoms with Crippen molar-refractivity contribution < 1.29 is 19.1 Å². The van der Waals surface area contributed by atoms with Gasteiger partial charge in [-0.1, -0.05) is 56.3 Å². The molecule has 1 aromatic heterocycles. The third-order valence-electron chi connectivity index (χ3n) is 6.18. The normalized spacial score (nSPS) is 12.0. The zero-order valence-electron chi connectivity index (χ0n) is 23.8. The number of hydrogen-bond acceptors (Lipinski definition) is 8. The molecule has 210 valence electrons. The molecule has 8 heteroatoms. The van der Waals surface area contributed by atoms with E-state index in [1.165, 1.54) is 21.7 Å². The topological polar surface area (TPSA) is 80.8 Å². The van der Waals surface area contributed by atoms with E-state index in [9.17, 15) is 9.59 Å². The molecular formula is C32H37N3O4S. The van der Waals surface area contributed by atoms with E-state index in [1.807, 2.05) is 57.3 Å². The fourth-order valence-corrected chi connectivity index (χ4v) is 4.97. The molecule has 40 heavy (non-hydrogen) atoms. The molecule has 0 bridgehead atoms. The molecule has 3 aromatic carbocycles. The number of thiazole rings is 1. The lowest BCUT2D eigenvalue weighted by Crippen LogP contribution is -2.12.